The van der Waals surface area contributed by atoms with Gasteiger partial charge in [0.25, 0.3) is 0 Å². The maximum atomic E-state index is 3.95. The molecule has 2 saturated carbocycles. The lowest BCUT2D eigenvalue weighted by Gasteiger charge is -2.45. The molecular weight excluding hydrogens is 232 g/mol. The first kappa shape index (κ1) is 15.3. The van der Waals surface area contributed by atoms with Crippen molar-refractivity contribution in [1.29, 1.82) is 0 Å². The predicted molar refractivity (Wildman–Crippen MR) is 83.5 cm³/mol. The van der Waals surface area contributed by atoms with Crippen LogP contribution in [0, 0.1) is 11.8 Å². The molecular formula is C17H34N2. The predicted octanol–water partition coefficient (Wildman–Crippen LogP) is 3.67. The molecule has 0 aromatic carbocycles. The quantitative estimate of drug-likeness (QED) is 0.835. The Kier molecular flexibility index (Phi) is 5.30. The molecule has 2 aliphatic carbocycles. The molecule has 2 heteroatoms. The molecule has 112 valence electrons. The second-order valence-electron chi connectivity index (χ2n) is 7.43. The molecule has 2 fully saturated rings. The summed E-state index contributed by atoms with van der Waals surface area (Å²) in [4.78, 5) is 2.50. The number of nitrogens with zero attached hydrogens (tertiary/aromatic N) is 1. The highest BCUT2D eigenvalue weighted by Gasteiger charge is 2.35. The molecule has 0 aromatic rings. The largest absolute Gasteiger partial charge is 0.312 e. The van der Waals surface area contributed by atoms with Crippen molar-refractivity contribution in [3.8, 4) is 0 Å². The molecule has 0 heterocycles. The van der Waals surface area contributed by atoms with Gasteiger partial charge >= 0.3 is 0 Å². The van der Waals surface area contributed by atoms with Gasteiger partial charge in [0.05, 0.1) is 0 Å². The lowest BCUT2D eigenvalue weighted by Crippen LogP contribution is -2.56. The van der Waals surface area contributed by atoms with Crippen LogP contribution in [0.1, 0.15) is 65.2 Å². The summed E-state index contributed by atoms with van der Waals surface area (Å²) in [5.74, 6) is 1.74. The van der Waals surface area contributed by atoms with Crippen LogP contribution >= 0.6 is 0 Å². The molecule has 0 bridgehead atoms. The second-order valence-corrected chi connectivity index (χ2v) is 7.43. The van der Waals surface area contributed by atoms with Crippen LogP contribution in [-0.2, 0) is 0 Å². The maximum absolute atomic E-state index is 3.95. The van der Waals surface area contributed by atoms with Gasteiger partial charge in [0.2, 0.25) is 0 Å². The van der Waals surface area contributed by atoms with E-state index in [4.69, 9.17) is 0 Å². The molecule has 0 aliphatic heterocycles. The van der Waals surface area contributed by atoms with E-state index in [1.54, 1.807) is 0 Å². The minimum atomic E-state index is 0.429. The molecule has 3 unspecified atom stereocenters. The fourth-order valence-electron chi connectivity index (χ4n) is 4.18. The molecule has 2 aliphatic rings. The molecule has 0 saturated heterocycles. The van der Waals surface area contributed by atoms with Crippen LogP contribution in [0.15, 0.2) is 0 Å². The number of hydrogen-bond acceptors (Lipinski definition) is 2. The molecule has 0 aromatic heterocycles. The fourth-order valence-corrected chi connectivity index (χ4v) is 4.18. The Labute approximate surface area is 120 Å². The highest BCUT2D eigenvalue weighted by atomic mass is 15.2. The molecule has 2 rings (SSSR count). The summed E-state index contributed by atoms with van der Waals surface area (Å²) in [6.45, 7) is 6.08. The number of rotatable bonds is 4. The van der Waals surface area contributed by atoms with Crippen molar-refractivity contribution in [2.75, 3.05) is 20.6 Å². The molecule has 2 nitrogen and oxygen atoms in total. The number of hydrogen-bond donors (Lipinski definition) is 1. The summed E-state index contributed by atoms with van der Waals surface area (Å²) < 4.78 is 0. The van der Waals surface area contributed by atoms with Gasteiger partial charge in [0.1, 0.15) is 0 Å². The van der Waals surface area contributed by atoms with E-state index >= 15 is 0 Å². The van der Waals surface area contributed by atoms with Crippen LogP contribution in [0.5, 0.6) is 0 Å². The number of likely N-dealkylation sites (N-methyl/N-ethyl adjacent to an activating group) is 1. The summed E-state index contributed by atoms with van der Waals surface area (Å²) in [6.07, 6.45) is 11.2. The zero-order valence-corrected chi connectivity index (χ0v) is 13.5. The normalized spacial score (nSPS) is 35.5. The van der Waals surface area contributed by atoms with Crippen molar-refractivity contribution in [3.63, 3.8) is 0 Å². The van der Waals surface area contributed by atoms with Crippen molar-refractivity contribution in [2.24, 2.45) is 11.8 Å². The van der Waals surface area contributed by atoms with Crippen molar-refractivity contribution >= 4 is 0 Å². The van der Waals surface area contributed by atoms with Gasteiger partial charge in [-0.2, -0.15) is 0 Å². The van der Waals surface area contributed by atoms with Crippen LogP contribution in [-0.4, -0.2) is 37.1 Å². The first-order chi connectivity index (χ1) is 9.05. The van der Waals surface area contributed by atoms with Crippen molar-refractivity contribution in [3.05, 3.63) is 0 Å². The zero-order valence-electron chi connectivity index (χ0n) is 13.5. The third-order valence-electron chi connectivity index (χ3n) is 6.13. The van der Waals surface area contributed by atoms with Crippen molar-refractivity contribution in [2.45, 2.75) is 76.8 Å². The Bertz CT molecular complexity index is 268. The smallest absolute Gasteiger partial charge is 0.0327 e. The van der Waals surface area contributed by atoms with E-state index in [9.17, 15) is 0 Å². The van der Waals surface area contributed by atoms with Gasteiger partial charge in [-0.1, -0.05) is 46.0 Å². The van der Waals surface area contributed by atoms with E-state index in [1.165, 1.54) is 57.9 Å². The van der Waals surface area contributed by atoms with Crippen LogP contribution < -0.4 is 5.32 Å². The fraction of sp³-hybridized carbons (Fsp3) is 1.00. The van der Waals surface area contributed by atoms with E-state index in [-0.39, 0.29) is 0 Å². The Morgan fingerprint density at radius 3 is 2.32 bits per heavy atom. The van der Waals surface area contributed by atoms with Gasteiger partial charge in [0, 0.05) is 18.1 Å². The molecule has 0 spiro atoms. The monoisotopic (exact) mass is 266 g/mol. The van der Waals surface area contributed by atoms with Gasteiger partial charge in [-0.25, -0.2) is 0 Å². The first-order valence-corrected chi connectivity index (χ1v) is 8.46. The third-order valence-corrected chi connectivity index (χ3v) is 6.13. The zero-order chi connectivity index (χ0) is 13.9. The van der Waals surface area contributed by atoms with E-state index in [0.29, 0.717) is 5.54 Å². The first-order valence-electron chi connectivity index (χ1n) is 8.46. The second kappa shape index (κ2) is 6.58. The minimum Gasteiger partial charge on any atom is -0.312 e. The average Bonchev–Trinajstić information content (AvgIpc) is 2.41. The number of nitrogens with one attached hydrogen (secondary N) is 1. The SMILES string of the molecule is CC1CCCC(NCC2(N(C)C)CCCCC2)C1C. The highest BCUT2D eigenvalue weighted by Crippen LogP contribution is 2.33. The lowest BCUT2D eigenvalue weighted by molar-refractivity contribution is 0.0850. The summed E-state index contributed by atoms with van der Waals surface area (Å²) >= 11 is 0. The molecule has 1 N–H and O–H groups in total. The van der Waals surface area contributed by atoms with E-state index < -0.39 is 0 Å². The summed E-state index contributed by atoms with van der Waals surface area (Å²) in [5, 5.41) is 3.95. The van der Waals surface area contributed by atoms with Gasteiger partial charge in [-0.15, -0.1) is 0 Å². The molecule has 3 atom stereocenters. The average molecular weight is 266 g/mol. The summed E-state index contributed by atoms with van der Waals surface area (Å²) in [7, 11) is 4.56. The Balaban J connectivity index is 1.91. The van der Waals surface area contributed by atoms with Crippen molar-refractivity contribution in [1.82, 2.24) is 10.2 Å². The topological polar surface area (TPSA) is 15.3 Å². The summed E-state index contributed by atoms with van der Waals surface area (Å²) in [5.41, 5.74) is 0.429. The summed E-state index contributed by atoms with van der Waals surface area (Å²) in [6, 6.07) is 0.752. The van der Waals surface area contributed by atoms with Gasteiger partial charge in [0.15, 0.2) is 0 Å². The van der Waals surface area contributed by atoms with Gasteiger partial charge in [-0.3, -0.25) is 0 Å². The molecule has 0 amide bonds. The van der Waals surface area contributed by atoms with Crippen LogP contribution in [0.25, 0.3) is 0 Å². The van der Waals surface area contributed by atoms with Gasteiger partial charge in [-0.05, 0) is 45.2 Å². The molecule has 0 radical (unpaired) electrons. The Hall–Kier alpha value is -0.0800. The third kappa shape index (κ3) is 3.52. The van der Waals surface area contributed by atoms with Gasteiger partial charge < -0.3 is 10.2 Å². The van der Waals surface area contributed by atoms with Crippen LogP contribution in [0.2, 0.25) is 0 Å². The van der Waals surface area contributed by atoms with Crippen LogP contribution in [0.3, 0.4) is 0 Å². The van der Waals surface area contributed by atoms with Crippen molar-refractivity contribution < 1.29 is 0 Å². The standard InChI is InChI=1S/C17H34N2/c1-14-9-8-10-16(15(14)2)18-13-17(19(3)4)11-6-5-7-12-17/h14-16,18H,5-13H2,1-4H3. The van der Waals surface area contributed by atoms with E-state index in [2.05, 4.69) is 38.2 Å². The minimum absolute atomic E-state index is 0.429. The van der Waals surface area contributed by atoms with E-state index in [0.717, 1.165) is 17.9 Å². The Morgan fingerprint density at radius 2 is 1.68 bits per heavy atom. The van der Waals surface area contributed by atoms with E-state index in [1.807, 2.05) is 0 Å². The highest BCUT2D eigenvalue weighted by molar-refractivity contribution is 4.94. The molecule has 19 heavy (non-hydrogen) atoms. The van der Waals surface area contributed by atoms with Crippen LogP contribution in [0.4, 0.5) is 0 Å². The Morgan fingerprint density at radius 1 is 1.00 bits per heavy atom. The maximum Gasteiger partial charge on any atom is 0.0327 e. The lowest BCUT2D eigenvalue weighted by atomic mass is 9.76.